The van der Waals surface area contributed by atoms with E-state index in [4.69, 9.17) is 0 Å². The molecule has 1 N–H and O–H groups in total. The highest BCUT2D eigenvalue weighted by molar-refractivity contribution is 7.92. The summed E-state index contributed by atoms with van der Waals surface area (Å²) in [5.41, 5.74) is 1.17. The topological polar surface area (TPSA) is 80.3 Å². The maximum atomic E-state index is 12.3. The second kappa shape index (κ2) is 6.11. The number of anilines is 1. The summed E-state index contributed by atoms with van der Waals surface area (Å²) in [5.74, 6) is -0.280. The van der Waals surface area contributed by atoms with Crippen molar-refractivity contribution in [3.63, 3.8) is 0 Å². The Kier molecular flexibility index (Phi) is 4.42. The Morgan fingerprint density at radius 3 is 2.00 bits per heavy atom. The van der Waals surface area contributed by atoms with Gasteiger partial charge in [0.15, 0.2) is 11.6 Å². The van der Waals surface area contributed by atoms with Crippen LogP contribution in [0.15, 0.2) is 53.4 Å². The van der Waals surface area contributed by atoms with E-state index in [-0.39, 0.29) is 16.5 Å². The molecule has 0 radical (unpaired) electrons. The van der Waals surface area contributed by atoms with Crippen LogP contribution in [0.5, 0.6) is 0 Å². The third-order valence-corrected chi connectivity index (χ3v) is 4.49. The van der Waals surface area contributed by atoms with Crippen LogP contribution in [0.3, 0.4) is 0 Å². The number of sulfonamides is 1. The van der Waals surface area contributed by atoms with E-state index < -0.39 is 10.0 Å². The van der Waals surface area contributed by atoms with Gasteiger partial charge in [-0.25, -0.2) is 8.42 Å². The van der Waals surface area contributed by atoms with Crippen LogP contribution in [0.25, 0.3) is 0 Å². The van der Waals surface area contributed by atoms with E-state index >= 15 is 0 Å². The standard InChI is InChI=1S/C16H15NO4S/c1-11(18)13-6-8-16(9-7-13)22(20,21)17-15-5-3-4-14(10-15)12(2)19/h3-10,17H,1-2H3. The highest BCUT2D eigenvalue weighted by atomic mass is 32.2. The van der Waals surface area contributed by atoms with Crippen LogP contribution >= 0.6 is 0 Å². The van der Waals surface area contributed by atoms with Crippen molar-refractivity contribution in [2.24, 2.45) is 0 Å². The van der Waals surface area contributed by atoms with E-state index in [1.807, 2.05) is 0 Å². The maximum absolute atomic E-state index is 12.3. The lowest BCUT2D eigenvalue weighted by atomic mass is 10.1. The second-order valence-electron chi connectivity index (χ2n) is 4.82. The minimum absolute atomic E-state index is 0.0470. The summed E-state index contributed by atoms with van der Waals surface area (Å²) in [6, 6.07) is 11.9. The number of benzene rings is 2. The molecule has 114 valence electrons. The summed E-state index contributed by atoms with van der Waals surface area (Å²) in [7, 11) is -3.77. The van der Waals surface area contributed by atoms with Gasteiger partial charge in [0, 0.05) is 16.8 Å². The molecule has 0 bridgehead atoms. The fraction of sp³-hybridized carbons (Fsp3) is 0.125. The van der Waals surface area contributed by atoms with Gasteiger partial charge in [0.25, 0.3) is 10.0 Å². The zero-order chi connectivity index (χ0) is 16.3. The Hall–Kier alpha value is -2.47. The summed E-state index contributed by atoms with van der Waals surface area (Å²) in [5, 5.41) is 0. The summed E-state index contributed by atoms with van der Waals surface area (Å²) in [6.07, 6.45) is 0. The van der Waals surface area contributed by atoms with Gasteiger partial charge in [0.2, 0.25) is 0 Å². The molecular formula is C16H15NO4S. The monoisotopic (exact) mass is 317 g/mol. The van der Waals surface area contributed by atoms with E-state index in [1.165, 1.54) is 44.2 Å². The van der Waals surface area contributed by atoms with E-state index in [0.29, 0.717) is 16.8 Å². The predicted molar refractivity (Wildman–Crippen MR) is 83.7 cm³/mol. The molecule has 22 heavy (non-hydrogen) atoms. The van der Waals surface area contributed by atoms with Crippen LogP contribution in [-0.2, 0) is 10.0 Å². The smallest absolute Gasteiger partial charge is 0.261 e. The van der Waals surface area contributed by atoms with Crippen molar-refractivity contribution >= 4 is 27.3 Å². The van der Waals surface area contributed by atoms with E-state index in [1.54, 1.807) is 18.2 Å². The van der Waals surface area contributed by atoms with Crippen molar-refractivity contribution in [2.45, 2.75) is 18.7 Å². The highest BCUT2D eigenvalue weighted by Gasteiger charge is 2.15. The molecule has 0 fully saturated rings. The van der Waals surface area contributed by atoms with Gasteiger partial charge in [-0.2, -0.15) is 0 Å². The van der Waals surface area contributed by atoms with Gasteiger partial charge in [-0.3, -0.25) is 14.3 Å². The Labute approximate surface area is 129 Å². The molecule has 0 heterocycles. The number of carbonyl (C=O) groups excluding carboxylic acids is 2. The number of nitrogens with one attached hydrogen (secondary N) is 1. The van der Waals surface area contributed by atoms with Gasteiger partial charge >= 0.3 is 0 Å². The summed E-state index contributed by atoms with van der Waals surface area (Å²) >= 11 is 0. The quantitative estimate of drug-likeness (QED) is 0.860. The molecule has 0 aromatic heterocycles. The number of hydrogen-bond donors (Lipinski definition) is 1. The van der Waals surface area contributed by atoms with Crippen molar-refractivity contribution in [2.75, 3.05) is 4.72 Å². The van der Waals surface area contributed by atoms with E-state index in [9.17, 15) is 18.0 Å². The fourth-order valence-corrected chi connectivity index (χ4v) is 2.93. The lowest BCUT2D eigenvalue weighted by Gasteiger charge is -2.09. The SMILES string of the molecule is CC(=O)c1ccc(S(=O)(=O)Nc2cccc(C(C)=O)c2)cc1. The molecule has 0 atom stereocenters. The number of hydrogen-bond acceptors (Lipinski definition) is 4. The number of Topliss-reactive ketones (excluding diaryl/α,β-unsaturated/α-hetero) is 2. The average Bonchev–Trinajstić information content (AvgIpc) is 2.47. The molecule has 0 saturated carbocycles. The zero-order valence-corrected chi connectivity index (χ0v) is 13.0. The molecule has 5 nitrogen and oxygen atoms in total. The molecule has 2 aromatic rings. The normalized spacial score (nSPS) is 11.0. The van der Waals surface area contributed by atoms with Crippen LogP contribution in [0.4, 0.5) is 5.69 Å². The van der Waals surface area contributed by atoms with Gasteiger partial charge < -0.3 is 0 Å². The third-order valence-electron chi connectivity index (χ3n) is 3.09. The average molecular weight is 317 g/mol. The molecule has 0 aliphatic carbocycles. The van der Waals surface area contributed by atoms with Gasteiger partial charge in [0.05, 0.1) is 4.90 Å². The van der Waals surface area contributed by atoms with Crippen LogP contribution in [0, 0.1) is 0 Å². The first-order valence-corrected chi connectivity index (χ1v) is 8.03. The molecule has 0 saturated heterocycles. The van der Waals surface area contributed by atoms with Gasteiger partial charge in [0.1, 0.15) is 0 Å². The summed E-state index contributed by atoms with van der Waals surface area (Å²) in [4.78, 5) is 22.6. The summed E-state index contributed by atoms with van der Waals surface area (Å²) < 4.78 is 27.0. The zero-order valence-electron chi connectivity index (χ0n) is 12.2. The van der Waals surface area contributed by atoms with Crippen molar-refractivity contribution < 1.29 is 18.0 Å². The van der Waals surface area contributed by atoms with Gasteiger partial charge in [-0.15, -0.1) is 0 Å². The molecular weight excluding hydrogens is 302 g/mol. The molecule has 0 aliphatic heterocycles. The Morgan fingerprint density at radius 1 is 0.864 bits per heavy atom. The van der Waals surface area contributed by atoms with Crippen LogP contribution in [0.2, 0.25) is 0 Å². The fourth-order valence-electron chi connectivity index (χ4n) is 1.88. The van der Waals surface area contributed by atoms with Crippen molar-refractivity contribution in [3.8, 4) is 0 Å². The van der Waals surface area contributed by atoms with Crippen LogP contribution in [0.1, 0.15) is 34.6 Å². The first kappa shape index (κ1) is 15.9. The molecule has 0 spiro atoms. The number of ketones is 2. The van der Waals surface area contributed by atoms with Crippen molar-refractivity contribution in [1.82, 2.24) is 0 Å². The molecule has 0 amide bonds. The highest BCUT2D eigenvalue weighted by Crippen LogP contribution is 2.18. The van der Waals surface area contributed by atoms with Crippen molar-refractivity contribution in [1.29, 1.82) is 0 Å². The lowest BCUT2D eigenvalue weighted by Crippen LogP contribution is -2.13. The first-order chi connectivity index (χ1) is 10.3. The minimum Gasteiger partial charge on any atom is -0.295 e. The van der Waals surface area contributed by atoms with E-state index in [0.717, 1.165) is 0 Å². The predicted octanol–water partition coefficient (Wildman–Crippen LogP) is 2.89. The van der Waals surface area contributed by atoms with Gasteiger partial charge in [-0.1, -0.05) is 24.3 Å². The minimum atomic E-state index is -3.77. The summed E-state index contributed by atoms with van der Waals surface area (Å²) in [6.45, 7) is 2.82. The first-order valence-electron chi connectivity index (χ1n) is 6.54. The van der Waals surface area contributed by atoms with Crippen molar-refractivity contribution in [3.05, 3.63) is 59.7 Å². The Balaban J connectivity index is 2.29. The van der Waals surface area contributed by atoms with E-state index in [2.05, 4.69) is 4.72 Å². The lowest BCUT2D eigenvalue weighted by molar-refractivity contribution is 0.100. The number of rotatable bonds is 5. The molecule has 6 heteroatoms. The van der Waals surface area contributed by atoms with Crippen LogP contribution < -0.4 is 4.72 Å². The van der Waals surface area contributed by atoms with Gasteiger partial charge in [-0.05, 0) is 38.1 Å². The Morgan fingerprint density at radius 2 is 1.45 bits per heavy atom. The molecule has 2 rings (SSSR count). The largest absolute Gasteiger partial charge is 0.295 e. The second-order valence-corrected chi connectivity index (χ2v) is 6.51. The van der Waals surface area contributed by atoms with Crippen LogP contribution in [-0.4, -0.2) is 20.0 Å². The Bertz CT molecular complexity index is 823. The molecule has 0 unspecified atom stereocenters. The molecule has 0 aliphatic rings. The molecule has 2 aromatic carbocycles. The third kappa shape index (κ3) is 3.59. The maximum Gasteiger partial charge on any atom is 0.261 e. The number of carbonyl (C=O) groups is 2.